The molecule has 0 unspecified atom stereocenters. The first-order valence-corrected chi connectivity index (χ1v) is 3.94. The van der Waals surface area contributed by atoms with Crippen LogP contribution in [0.15, 0.2) is 11.8 Å². The molecule has 0 bridgehead atoms. The average Bonchev–Trinajstić information content (AvgIpc) is 2.10. The van der Waals surface area contributed by atoms with Crippen LogP contribution < -0.4 is 5.32 Å². The van der Waals surface area contributed by atoms with Gasteiger partial charge >= 0.3 is 0 Å². The maximum Gasteiger partial charge on any atom is 0.279 e. The van der Waals surface area contributed by atoms with Crippen LogP contribution in [0, 0.1) is 5.41 Å². The molecular weight excluding hydrogens is 216 g/mol. The van der Waals surface area contributed by atoms with E-state index >= 15 is 0 Å². The molecule has 0 heterocycles. The van der Waals surface area contributed by atoms with Crippen molar-refractivity contribution in [3.8, 4) is 0 Å². The first-order valence-electron chi connectivity index (χ1n) is 3.94. The minimum atomic E-state index is -3.11. The van der Waals surface area contributed by atoms with Gasteiger partial charge in [0.05, 0.1) is 18.0 Å². The number of rotatable bonds is 6. The number of Topliss-reactive ketones (excluding diaryl/α,β-unsaturated/α-hetero) is 1. The van der Waals surface area contributed by atoms with Crippen LogP contribution in [0.25, 0.3) is 0 Å². The molecule has 0 radical (unpaired) electrons. The topological polar surface area (TPSA) is 53.0 Å². The van der Waals surface area contributed by atoms with Gasteiger partial charge in [-0.25, -0.2) is 17.6 Å². The quantitative estimate of drug-likeness (QED) is 0.534. The van der Waals surface area contributed by atoms with Crippen molar-refractivity contribution in [2.45, 2.75) is 19.8 Å². The zero-order valence-corrected chi connectivity index (χ0v) is 7.86. The predicted octanol–water partition coefficient (Wildman–Crippen LogP) is 1.60. The number of carbonyl (C=O) groups excluding carboxylic acids is 1. The van der Waals surface area contributed by atoms with Crippen molar-refractivity contribution in [2.24, 2.45) is 0 Å². The SMILES string of the molecule is CC(=O)CN/C(=C\C(=N)C(F)F)C(F)F. The van der Waals surface area contributed by atoms with Crippen molar-refractivity contribution in [3.05, 3.63) is 11.8 Å². The van der Waals surface area contributed by atoms with Crippen LogP contribution in [-0.4, -0.2) is 30.9 Å². The van der Waals surface area contributed by atoms with Gasteiger partial charge in [0.2, 0.25) is 0 Å². The van der Waals surface area contributed by atoms with Gasteiger partial charge in [0, 0.05) is 0 Å². The van der Waals surface area contributed by atoms with Crippen molar-refractivity contribution >= 4 is 11.5 Å². The van der Waals surface area contributed by atoms with Gasteiger partial charge in [-0.15, -0.1) is 0 Å². The number of ketones is 1. The van der Waals surface area contributed by atoms with Gasteiger partial charge in [-0.1, -0.05) is 0 Å². The molecule has 3 nitrogen and oxygen atoms in total. The van der Waals surface area contributed by atoms with Crippen molar-refractivity contribution in [2.75, 3.05) is 6.54 Å². The van der Waals surface area contributed by atoms with E-state index in [1.165, 1.54) is 0 Å². The second-order valence-corrected chi connectivity index (χ2v) is 2.71. The maximum atomic E-state index is 12.2. The van der Waals surface area contributed by atoms with E-state index in [1.54, 1.807) is 0 Å². The van der Waals surface area contributed by atoms with Gasteiger partial charge in [-0.2, -0.15) is 0 Å². The normalized spacial score (nSPS) is 12.1. The Labute approximate surface area is 83.7 Å². The van der Waals surface area contributed by atoms with E-state index < -0.39 is 30.0 Å². The van der Waals surface area contributed by atoms with Crippen LogP contribution in [0.1, 0.15) is 6.92 Å². The van der Waals surface area contributed by atoms with Gasteiger partial charge in [0.15, 0.2) is 0 Å². The van der Waals surface area contributed by atoms with E-state index in [9.17, 15) is 22.4 Å². The van der Waals surface area contributed by atoms with Gasteiger partial charge in [0.25, 0.3) is 12.9 Å². The van der Waals surface area contributed by atoms with Crippen LogP contribution >= 0.6 is 0 Å². The summed E-state index contributed by atoms with van der Waals surface area (Å²) >= 11 is 0. The molecule has 0 aliphatic heterocycles. The number of hydrogen-bond acceptors (Lipinski definition) is 3. The van der Waals surface area contributed by atoms with Crippen LogP contribution in [0.5, 0.6) is 0 Å². The Kier molecular flexibility index (Phi) is 5.58. The molecule has 0 amide bonds. The van der Waals surface area contributed by atoms with E-state index in [1.807, 2.05) is 5.32 Å². The monoisotopic (exact) mass is 226 g/mol. The maximum absolute atomic E-state index is 12.2. The second kappa shape index (κ2) is 6.15. The summed E-state index contributed by atoms with van der Waals surface area (Å²) in [6.07, 6.45) is -5.81. The fourth-order valence-corrected chi connectivity index (χ4v) is 0.648. The highest BCUT2D eigenvalue weighted by atomic mass is 19.3. The van der Waals surface area contributed by atoms with Crippen molar-refractivity contribution < 1.29 is 22.4 Å². The zero-order chi connectivity index (χ0) is 12.0. The van der Waals surface area contributed by atoms with E-state index in [2.05, 4.69) is 0 Å². The fraction of sp³-hybridized carbons (Fsp3) is 0.500. The Balaban J connectivity index is 4.51. The van der Waals surface area contributed by atoms with Crippen LogP contribution in [0.2, 0.25) is 0 Å². The number of halogens is 4. The number of hydrogen-bond donors (Lipinski definition) is 2. The van der Waals surface area contributed by atoms with E-state index in [0.717, 1.165) is 6.92 Å². The van der Waals surface area contributed by atoms with Gasteiger partial charge in [0.1, 0.15) is 5.78 Å². The molecule has 0 aromatic carbocycles. The van der Waals surface area contributed by atoms with Crippen molar-refractivity contribution in [3.63, 3.8) is 0 Å². The summed E-state index contributed by atoms with van der Waals surface area (Å²) < 4.78 is 48.1. The Hall–Kier alpha value is -1.40. The molecule has 0 fully saturated rings. The summed E-state index contributed by atoms with van der Waals surface area (Å²) in [5.74, 6) is -0.412. The Morgan fingerprint density at radius 2 is 1.87 bits per heavy atom. The molecule has 0 rings (SSSR count). The molecular formula is C8H10F4N2O. The van der Waals surface area contributed by atoms with Crippen LogP contribution in [-0.2, 0) is 4.79 Å². The molecule has 86 valence electrons. The summed E-state index contributed by atoms with van der Waals surface area (Å²) in [6.45, 7) is 0.779. The highest BCUT2D eigenvalue weighted by Gasteiger charge is 2.15. The molecule has 0 saturated carbocycles. The predicted molar refractivity (Wildman–Crippen MR) is 46.5 cm³/mol. The molecule has 0 aliphatic carbocycles. The molecule has 0 aliphatic rings. The lowest BCUT2D eigenvalue weighted by Gasteiger charge is -2.08. The number of allylic oxidation sites excluding steroid dienone is 2. The summed E-state index contributed by atoms with van der Waals surface area (Å²) in [7, 11) is 0. The number of alkyl halides is 4. The Bertz CT molecular complexity index is 276. The highest BCUT2D eigenvalue weighted by Crippen LogP contribution is 2.07. The average molecular weight is 226 g/mol. The van der Waals surface area contributed by atoms with E-state index in [-0.39, 0.29) is 6.54 Å². The first-order chi connectivity index (χ1) is 6.84. The summed E-state index contributed by atoms with van der Waals surface area (Å²) in [5.41, 5.74) is -2.07. The molecule has 7 heteroatoms. The lowest BCUT2D eigenvalue weighted by atomic mass is 10.3. The molecule has 0 saturated heterocycles. The molecule has 15 heavy (non-hydrogen) atoms. The molecule has 0 aromatic rings. The lowest BCUT2D eigenvalue weighted by Crippen LogP contribution is -2.26. The Morgan fingerprint density at radius 1 is 1.33 bits per heavy atom. The Morgan fingerprint density at radius 3 is 2.20 bits per heavy atom. The first kappa shape index (κ1) is 13.6. The lowest BCUT2D eigenvalue weighted by molar-refractivity contribution is -0.116. The summed E-state index contributed by atoms with van der Waals surface area (Å²) in [5, 5.41) is 8.66. The minimum absolute atomic E-state index is 0.332. The van der Waals surface area contributed by atoms with Gasteiger partial charge in [-0.3, -0.25) is 10.2 Å². The molecule has 0 spiro atoms. The van der Waals surface area contributed by atoms with Crippen LogP contribution in [0.4, 0.5) is 17.6 Å². The summed E-state index contributed by atoms with van der Waals surface area (Å²) in [6, 6.07) is 0. The molecule has 0 aromatic heterocycles. The fourth-order valence-electron chi connectivity index (χ4n) is 0.648. The number of carbonyl (C=O) groups is 1. The third-order valence-electron chi connectivity index (χ3n) is 1.32. The van der Waals surface area contributed by atoms with Crippen molar-refractivity contribution in [1.29, 1.82) is 5.41 Å². The van der Waals surface area contributed by atoms with E-state index in [4.69, 9.17) is 5.41 Å². The van der Waals surface area contributed by atoms with Crippen molar-refractivity contribution in [1.82, 2.24) is 5.32 Å². The smallest absolute Gasteiger partial charge is 0.279 e. The largest absolute Gasteiger partial charge is 0.377 e. The second-order valence-electron chi connectivity index (χ2n) is 2.71. The minimum Gasteiger partial charge on any atom is -0.377 e. The van der Waals surface area contributed by atoms with E-state index in [0.29, 0.717) is 6.08 Å². The molecule has 0 atom stereocenters. The molecule has 2 N–H and O–H groups in total. The summed E-state index contributed by atoms with van der Waals surface area (Å²) in [4.78, 5) is 10.5. The van der Waals surface area contributed by atoms with Crippen LogP contribution in [0.3, 0.4) is 0 Å². The third kappa shape index (κ3) is 5.82. The van der Waals surface area contributed by atoms with Gasteiger partial charge in [-0.05, 0) is 13.0 Å². The highest BCUT2D eigenvalue weighted by molar-refractivity contribution is 5.95. The zero-order valence-electron chi connectivity index (χ0n) is 7.86. The number of nitrogens with one attached hydrogen (secondary N) is 2. The third-order valence-corrected chi connectivity index (χ3v) is 1.32. The standard InChI is InChI=1S/C8H10F4N2O/c1-4(15)3-14-6(8(11)12)2-5(13)7(9)10/h2,7-8,13-14H,3H2,1H3/b6-2-,13-5?. The van der Waals surface area contributed by atoms with Gasteiger partial charge < -0.3 is 5.32 Å².